The van der Waals surface area contributed by atoms with E-state index in [1.54, 1.807) is 23.5 Å². The van der Waals surface area contributed by atoms with Gasteiger partial charge in [0.1, 0.15) is 6.10 Å². The van der Waals surface area contributed by atoms with Crippen LogP contribution in [0.4, 0.5) is 0 Å². The number of nitrogens with zero attached hydrogens (tertiary/aromatic N) is 1. The normalized spacial score (nSPS) is 14.1. The van der Waals surface area contributed by atoms with Gasteiger partial charge >= 0.3 is 5.97 Å². The molecule has 1 aromatic rings. The Labute approximate surface area is 115 Å². The molecule has 0 bridgehead atoms. The second-order valence-corrected chi connectivity index (χ2v) is 4.54. The van der Waals surface area contributed by atoms with Crippen LogP contribution in [-0.4, -0.2) is 29.6 Å². The summed E-state index contributed by atoms with van der Waals surface area (Å²) in [6.45, 7) is 1.18. The van der Waals surface area contributed by atoms with Crippen LogP contribution in [-0.2, 0) is 9.53 Å². The maximum Gasteiger partial charge on any atom is 0.336 e. The number of allylic oxidation sites excluding steroid dienone is 2. The number of rotatable bonds is 6. The Bertz CT molecular complexity index is 476. The fraction of sp³-hybridized carbons (Fsp3) is 0.231. The van der Waals surface area contributed by atoms with Crippen LogP contribution in [0.15, 0.2) is 40.9 Å². The highest BCUT2D eigenvalue weighted by atomic mass is 32.1. The summed E-state index contributed by atoms with van der Waals surface area (Å²) in [4.78, 5) is 16.2. The maximum atomic E-state index is 11.0. The molecule has 0 aromatic carbocycles. The number of aliphatic imine (C=N–C) groups is 1. The van der Waals surface area contributed by atoms with Crippen molar-refractivity contribution in [1.82, 2.24) is 0 Å². The van der Waals surface area contributed by atoms with Gasteiger partial charge in [0.05, 0.1) is 5.71 Å². The van der Waals surface area contributed by atoms with Crippen molar-refractivity contribution in [2.75, 3.05) is 6.73 Å². The van der Waals surface area contributed by atoms with Crippen molar-refractivity contribution < 1.29 is 14.6 Å². The van der Waals surface area contributed by atoms with Crippen LogP contribution < -0.4 is 5.73 Å². The van der Waals surface area contributed by atoms with Gasteiger partial charge in [-0.15, -0.1) is 11.3 Å². The number of aliphatic hydroxyl groups is 1. The number of ether oxygens (including phenoxy) is 1. The number of carbonyl (C=O) groups is 1. The molecule has 0 saturated carbocycles. The number of esters is 1. The quantitative estimate of drug-likeness (QED) is 0.611. The molecule has 3 N–H and O–H groups in total. The van der Waals surface area contributed by atoms with E-state index in [0.29, 0.717) is 5.71 Å². The first-order valence-corrected chi connectivity index (χ1v) is 6.50. The minimum atomic E-state index is -1.15. The number of carbonyl (C=O) groups excluding carboxylic acids is 1. The number of hydrogen-bond donors (Lipinski definition) is 2. The summed E-state index contributed by atoms with van der Waals surface area (Å²) in [5.74, 6) is -0.706. The van der Waals surface area contributed by atoms with Gasteiger partial charge in [0.25, 0.3) is 0 Å². The number of aliphatic hydroxyl groups excluding tert-OH is 1. The number of hydrogen-bond acceptors (Lipinski definition) is 6. The van der Waals surface area contributed by atoms with E-state index >= 15 is 0 Å². The molecule has 0 saturated heterocycles. The van der Waals surface area contributed by atoms with Gasteiger partial charge in [0.2, 0.25) is 0 Å². The largest absolute Gasteiger partial charge is 0.441 e. The van der Waals surface area contributed by atoms with E-state index in [4.69, 9.17) is 15.6 Å². The SMILES string of the molecule is CC(O)C(=O)OC/N=C(/C=C\N)\C=C\c1cccs1. The molecule has 0 fully saturated rings. The standard InChI is InChI=1S/C13H16N2O3S/c1-10(16)13(17)18-9-15-11(6-7-14)4-5-12-3-2-8-19-12/h2-8,10,16H,9,14H2,1H3/b5-4+,7-6-,15-11+. The first-order chi connectivity index (χ1) is 9.13. The Balaban J connectivity index is 2.59. The lowest BCUT2D eigenvalue weighted by molar-refractivity contribution is -0.152. The zero-order valence-electron chi connectivity index (χ0n) is 10.5. The fourth-order valence-corrected chi connectivity index (χ4v) is 1.72. The third kappa shape index (κ3) is 5.98. The summed E-state index contributed by atoms with van der Waals surface area (Å²) < 4.78 is 4.73. The van der Waals surface area contributed by atoms with Gasteiger partial charge in [-0.2, -0.15) is 0 Å². The van der Waals surface area contributed by atoms with Gasteiger partial charge in [-0.25, -0.2) is 9.79 Å². The minimum absolute atomic E-state index is 0.155. The average molecular weight is 280 g/mol. The highest BCUT2D eigenvalue weighted by Crippen LogP contribution is 2.10. The average Bonchev–Trinajstić information content (AvgIpc) is 2.88. The van der Waals surface area contributed by atoms with Crippen molar-refractivity contribution in [2.24, 2.45) is 10.7 Å². The Hall–Kier alpha value is -1.92. The van der Waals surface area contributed by atoms with Crippen LogP contribution in [0.3, 0.4) is 0 Å². The van der Waals surface area contributed by atoms with Crippen LogP contribution in [0.1, 0.15) is 11.8 Å². The molecule has 5 nitrogen and oxygen atoms in total. The van der Waals surface area contributed by atoms with Crippen LogP contribution in [0.5, 0.6) is 0 Å². The Kier molecular flexibility index (Phi) is 6.56. The molecule has 19 heavy (non-hydrogen) atoms. The Morgan fingerprint density at radius 1 is 1.63 bits per heavy atom. The maximum absolute atomic E-state index is 11.0. The molecule has 0 spiro atoms. The van der Waals surface area contributed by atoms with Crippen molar-refractivity contribution in [3.63, 3.8) is 0 Å². The van der Waals surface area contributed by atoms with Gasteiger partial charge in [-0.3, -0.25) is 0 Å². The second kappa shape index (κ2) is 8.23. The zero-order valence-corrected chi connectivity index (χ0v) is 11.3. The van der Waals surface area contributed by atoms with Crippen LogP contribution >= 0.6 is 11.3 Å². The molecule has 1 rings (SSSR count). The van der Waals surface area contributed by atoms with E-state index in [-0.39, 0.29) is 6.73 Å². The lowest BCUT2D eigenvalue weighted by Crippen LogP contribution is -2.19. The highest BCUT2D eigenvalue weighted by Gasteiger charge is 2.08. The number of nitrogens with two attached hydrogens (primary N) is 1. The van der Waals surface area contributed by atoms with Crippen LogP contribution in [0.2, 0.25) is 0 Å². The van der Waals surface area contributed by atoms with E-state index in [0.717, 1.165) is 4.88 Å². The molecular formula is C13H16N2O3S. The summed E-state index contributed by atoms with van der Waals surface area (Å²) >= 11 is 1.60. The van der Waals surface area contributed by atoms with E-state index in [2.05, 4.69) is 4.99 Å². The predicted octanol–water partition coefficient (Wildman–Crippen LogP) is 1.56. The van der Waals surface area contributed by atoms with Gasteiger partial charge < -0.3 is 15.6 Å². The highest BCUT2D eigenvalue weighted by molar-refractivity contribution is 7.10. The molecule has 0 aliphatic heterocycles. The smallest absolute Gasteiger partial charge is 0.336 e. The first kappa shape index (κ1) is 15.1. The topological polar surface area (TPSA) is 84.9 Å². The molecular weight excluding hydrogens is 264 g/mol. The van der Waals surface area contributed by atoms with Crippen molar-refractivity contribution in [3.05, 3.63) is 40.7 Å². The summed E-state index contributed by atoms with van der Waals surface area (Å²) in [7, 11) is 0. The molecule has 102 valence electrons. The number of thiophene rings is 1. The van der Waals surface area contributed by atoms with Crippen molar-refractivity contribution >= 4 is 29.1 Å². The Morgan fingerprint density at radius 3 is 3.00 bits per heavy atom. The molecule has 0 radical (unpaired) electrons. The van der Waals surface area contributed by atoms with Crippen molar-refractivity contribution in [3.8, 4) is 0 Å². The second-order valence-electron chi connectivity index (χ2n) is 3.56. The lowest BCUT2D eigenvalue weighted by atomic mass is 10.3. The molecule has 1 aromatic heterocycles. The monoisotopic (exact) mass is 280 g/mol. The zero-order chi connectivity index (χ0) is 14.1. The van der Waals surface area contributed by atoms with Crippen LogP contribution in [0.25, 0.3) is 6.08 Å². The fourth-order valence-electron chi connectivity index (χ4n) is 1.10. The minimum Gasteiger partial charge on any atom is -0.441 e. The lowest BCUT2D eigenvalue weighted by Gasteiger charge is -2.03. The van der Waals surface area contributed by atoms with Gasteiger partial charge in [0.15, 0.2) is 6.73 Å². The van der Waals surface area contributed by atoms with Gasteiger partial charge in [-0.1, -0.05) is 6.07 Å². The Morgan fingerprint density at radius 2 is 2.42 bits per heavy atom. The predicted molar refractivity (Wildman–Crippen MR) is 76.8 cm³/mol. The molecule has 1 heterocycles. The van der Waals surface area contributed by atoms with E-state index in [1.807, 2.05) is 23.6 Å². The van der Waals surface area contributed by atoms with Crippen molar-refractivity contribution in [2.45, 2.75) is 13.0 Å². The van der Waals surface area contributed by atoms with E-state index in [9.17, 15) is 4.79 Å². The summed E-state index contributed by atoms with van der Waals surface area (Å²) in [5.41, 5.74) is 5.90. The third-order valence-corrected chi connectivity index (χ3v) is 2.86. The van der Waals surface area contributed by atoms with Crippen molar-refractivity contribution in [1.29, 1.82) is 0 Å². The molecule has 6 heteroatoms. The molecule has 0 aliphatic carbocycles. The molecule has 1 unspecified atom stereocenters. The molecule has 0 amide bonds. The summed E-state index contributed by atoms with van der Waals surface area (Å²) in [6.07, 6.45) is 5.46. The molecule has 1 atom stereocenters. The third-order valence-electron chi connectivity index (χ3n) is 2.02. The van der Waals surface area contributed by atoms with E-state index < -0.39 is 12.1 Å². The summed E-state index contributed by atoms with van der Waals surface area (Å²) in [6, 6.07) is 3.92. The first-order valence-electron chi connectivity index (χ1n) is 5.62. The van der Waals surface area contributed by atoms with Gasteiger partial charge in [-0.05, 0) is 42.8 Å². The molecule has 0 aliphatic rings. The van der Waals surface area contributed by atoms with Crippen LogP contribution in [0, 0.1) is 0 Å². The summed E-state index contributed by atoms with van der Waals surface area (Å²) in [5, 5.41) is 10.9. The van der Waals surface area contributed by atoms with E-state index in [1.165, 1.54) is 13.1 Å². The van der Waals surface area contributed by atoms with Gasteiger partial charge in [0, 0.05) is 4.88 Å².